The van der Waals surface area contributed by atoms with Gasteiger partial charge in [0.2, 0.25) is 0 Å². The van der Waals surface area contributed by atoms with Gasteiger partial charge in [0.15, 0.2) is 6.61 Å². The number of rotatable bonds is 5. The highest BCUT2D eigenvalue weighted by Gasteiger charge is 2.28. The fourth-order valence-electron chi connectivity index (χ4n) is 3.18. The van der Waals surface area contributed by atoms with E-state index in [1.54, 1.807) is 24.3 Å². The summed E-state index contributed by atoms with van der Waals surface area (Å²) in [7, 11) is 0. The normalized spacial score (nSPS) is 20.8. The van der Waals surface area contributed by atoms with Crippen LogP contribution in [0.2, 0.25) is 0 Å². The highest BCUT2D eigenvalue weighted by atomic mass is 16.5. The van der Waals surface area contributed by atoms with Crippen molar-refractivity contribution >= 4 is 11.8 Å². The molecular weight excluding hydrogens is 304 g/mol. The second-order valence-corrected chi connectivity index (χ2v) is 6.87. The average molecular weight is 332 g/mol. The van der Waals surface area contributed by atoms with Crippen LogP contribution in [0.1, 0.15) is 57.3 Å². The highest BCUT2D eigenvalue weighted by Crippen LogP contribution is 2.22. The lowest BCUT2D eigenvalue weighted by Crippen LogP contribution is -2.49. The molecule has 24 heavy (non-hydrogen) atoms. The Morgan fingerprint density at radius 3 is 2.29 bits per heavy atom. The lowest BCUT2D eigenvalue weighted by Gasteiger charge is -2.38. The molecule has 1 aromatic rings. The Morgan fingerprint density at radius 1 is 1.17 bits per heavy atom. The van der Waals surface area contributed by atoms with E-state index in [0.29, 0.717) is 11.3 Å². The van der Waals surface area contributed by atoms with Gasteiger partial charge in [-0.15, -0.1) is 0 Å². The van der Waals surface area contributed by atoms with Gasteiger partial charge >= 0.3 is 0 Å². The third-order valence-electron chi connectivity index (χ3n) is 4.38. The standard InChI is InChI=1S/C19H28N2O3/c1-13(2)20-19(23)16-8-10-17(11-9-16)24-12-18(22)21-14(3)6-5-7-15(21)4/h8-11,13-15H,5-7,12H2,1-4H3,(H,20,23). The largest absolute Gasteiger partial charge is 0.484 e. The minimum absolute atomic E-state index is 0.0244. The zero-order chi connectivity index (χ0) is 17.7. The molecule has 0 spiro atoms. The molecule has 1 N–H and O–H groups in total. The Bertz CT molecular complexity index is 558. The van der Waals surface area contributed by atoms with Gasteiger partial charge in [-0.1, -0.05) is 0 Å². The molecule has 0 bridgehead atoms. The van der Waals surface area contributed by atoms with Gasteiger partial charge in [0.25, 0.3) is 11.8 Å². The lowest BCUT2D eigenvalue weighted by atomic mass is 9.97. The number of piperidine rings is 1. The minimum Gasteiger partial charge on any atom is -0.484 e. The number of nitrogens with zero attached hydrogens (tertiary/aromatic N) is 1. The number of nitrogens with one attached hydrogen (secondary N) is 1. The zero-order valence-corrected chi connectivity index (χ0v) is 15.0. The summed E-state index contributed by atoms with van der Waals surface area (Å²) < 4.78 is 5.61. The second kappa shape index (κ2) is 8.18. The van der Waals surface area contributed by atoms with Crippen LogP contribution in [0.5, 0.6) is 5.75 Å². The van der Waals surface area contributed by atoms with E-state index in [-0.39, 0.29) is 36.5 Å². The fraction of sp³-hybridized carbons (Fsp3) is 0.579. The summed E-state index contributed by atoms with van der Waals surface area (Å²) in [4.78, 5) is 26.3. The van der Waals surface area contributed by atoms with Crippen molar-refractivity contribution in [2.24, 2.45) is 0 Å². The van der Waals surface area contributed by atoms with Gasteiger partial charge in [-0.3, -0.25) is 9.59 Å². The van der Waals surface area contributed by atoms with E-state index in [9.17, 15) is 9.59 Å². The number of benzene rings is 1. The van der Waals surface area contributed by atoms with E-state index < -0.39 is 0 Å². The zero-order valence-electron chi connectivity index (χ0n) is 15.0. The maximum absolute atomic E-state index is 12.4. The molecule has 5 heteroatoms. The molecule has 5 nitrogen and oxygen atoms in total. The Hall–Kier alpha value is -2.04. The number of carbonyl (C=O) groups is 2. The summed E-state index contributed by atoms with van der Waals surface area (Å²) in [6.45, 7) is 8.06. The SMILES string of the molecule is CC(C)NC(=O)c1ccc(OCC(=O)N2C(C)CCCC2C)cc1. The van der Waals surface area contributed by atoms with Crippen molar-refractivity contribution in [2.75, 3.05) is 6.61 Å². The number of likely N-dealkylation sites (tertiary alicyclic amines) is 1. The molecule has 0 aromatic heterocycles. The van der Waals surface area contributed by atoms with Crippen molar-refractivity contribution in [3.05, 3.63) is 29.8 Å². The van der Waals surface area contributed by atoms with Crippen molar-refractivity contribution in [3.63, 3.8) is 0 Å². The fourth-order valence-corrected chi connectivity index (χ4v) is 3.18. The molecule has 1 aliphatic heterocycles. The third-order valence-corrected chi connectivity index (χ3v) is 4.38. The molecule has 1 saturated heterocycles. The molecule has 2 amide bonds. The Morgan fingerprint density at radius 2 is 1.75 bits per heavy atom. The van der Waals surface area contributed by atoms with E-state index in [4.69, 9.17) is 4.74 Å². The summed E-state index contributed by atoms with van der Waals surface area (Å²) in [6.07, 6.45) is 3.28. The van der Waals surface area contributed by atoms with Gasteiger partial charge in [0, 0.05) is 23.7 Å². The number of hydrogen-bond donors (Lipinski definition) is 1. The van der Waals surface area contributed by atoms with Gasteiger partial charge in [-0.2, -0.15) is 0 Å². The van der Waals surface area contributed by atoms with E-state index in [2.05, 4.69) is 19.2 Å². The van der Waals surface area contributed by atoms with Crippen LogP contribution in [-0.2, 0) is 4.79 Å². The number of amides is 2. The summed E-state index contributed by atoms with van der Waals surface area (Å²) in [6, 6.07) is 7.52. The summed E-state index contributed by atoms with van der Waals surface area (Å²) >= 11 is 0. The maximum atomic E-state index is 12.4. The Labute approximate surface area is 144 Å². The minimum atomic E-state index is -0.108. The van der Waals surface area contributed by atoms with E-state index in [1.807, 2.05) is 18.7 Å². The lowest BCUT2D eigenvalue weighted by molar-refractivity contribution is -0.139. The van der Waals surface area contributed by atoms with Gasteiger partial charge in [0.1, 0.15) is 5.75 Å². The van der Waals surface area contributed by atoms with Crippen LogP contribution in [0.15, 0.2) is 24.3 Å². The smallest absolute Gasteiger partial charge is 0.260 e. The molecule has 0 radical (unpaired) electrons. The number of ether oxygens (including phenoxy) is 1. The van der Waals surface area contributed by atoms with Crippen molar-refractivity contribution in [1.82, 2.24) is 10.2 Å². The molecule has 1 heterocycles. The van der Waals surface area contributed by atoms with Gasteiger partial charge in [-0.25, -0.2) is 0 Å². The van der Waals surface area contributed by atoms with Crippen molar-refractivity contribution < 1.29 is 14.3 Å². The summed E-state index contributed by atoms with van der Waals surface area (Å²) in [5.41, 5.74) is 0.584. The molecule has 2 atom stereocenters. The number of hydrogen-bond acceptors (Lipinski definition) is 3. The topological polar surface area (TPSA) is 58.6 Å². The maximum Gasteiger partial charge on any atom is 0.260 e. The Kier molecular flexibility index (Phi) is 6.23. The molecule has 0 aliphatic carbocycles. The van der Waals surface area contributed by atoms with Crippen LogP contribution in [0.3, 0.4) is 0 Å². The summed E-state index contributed by atoms with van der Waals surface area (Å²) in [5.74, 6) is 0.515. The third kappa shape index (κ3) is 4.73. The van der Waals surface area contributed by atoms with Crippen LogP contribution < -0.4 is 10.1 Å². The molecule has 1 aromatic carbocycles. The van der Waals surface area contributed by atoms with Crippen LogP contribution in [0, 0.1) is 0 Å². The van der Waals surface area contributed by atoms with Crippen LogP contribution >= 0.6 is 0 Å². The molecule has 0 saturated carbocycles. The van der Waals surface area contributed by atoms with E-state index in [0.717, 1.165) is 12.8 Å². The molecule has 132 valence electrons. The van der Waals surface area contributed by atoms with Crippen molar-refractivity contribution in [2.45, 2.75) is 65.1 Å². The molecule has 2 rings (SSSR count). The van der Waals surface area contributed by atoms with Gasteiger partial charge in [0.05, 0.1) is 0 Å². The van der Waals surface area contributed by atoms with Gasteiger partial charge < -0.3 is 15.0 Å². The van der Waals surface area contributed by atoms with E-state index >= 15 is 0 Å². The molecule has 2 unspecified atom stereocenters. The van der Waals surface area contributed by atoms with Crippen LogP contribution in [0.25, 0.3) is 0 Å². The first-order valence-corrected chi connectivity index (χ1v) is 8.73. The van der Waals surface area contributed by atoms with Gasteiger partial charge in [-0.05, 0) is 71.2 Å². The first kappa shape index (κ1) is 18.3. The first-order chi connectivity index (χ1) is 11.4. The quantitative estimate of drug-likeness (QED) is 0.902. The summed E-state index contributed by atoms with van der Waals surface area (Å²) in [5, 5.41) is 2.84. The van der Waals surface area contributed by atoms with Crippen molar-refractivity contribution in [1.29, 1.82) is 0 Å². The molecule has 1 fully saturated rings. The molecular formula is C19H28N2O3. The van der Waals surface area contributed by atoms with E-state index in [1.165, 1.54) is 6.42 Å². The van der Waals surface area contributed by atoms with Crippen molar-refractivity contribution in [3.8, 4) is 5.75 Å². The highest BCUT2D eigenvalue weighted by molar-refractivity contribution is 5.94. The van der Waals surface area contributed by atoms with Crippen LogP contribution in [-0.4, -0.2) is 41.4 Å². The predicted molar refractivity (Wildman–Crippen MR) is 94.2 cm³/mol. The number of carbonyl (C=O) groups excluding carboxylic acids is 2. The van der Waals surface area contributed by atoms with Crippen LogP contribution in [0.4, 0.5) is 0 Å². The monoisotopic (exact) mass is 332 g/mol. The first-order valence-electron chi connectivity index (χ1n) is 8.73. The predicted octanol–water partition coefficient (Wildman–Crippen LogP) is 2.99. The average Bonchev–Trinajstić information content (AvgIpc) is 2.52. The Balaban J connectivity index is 1.90. The second-order valence-electron chi connectivity index (χ2n) is 6.87. The molecule has 1 aliphatic rings.